The first-order chi connectivity index (χ1) is 7.27. The quantitative estimate of drug-likeness (QED) is 0.778. The van der Waals surface area contributed by atoms with Crippen molar-refractivity contribution in [2.24, 2.45) is 0 Å². The summed E-state index contributed by atoms with van der Waals surface area (Å²) in [5.74, 6) is 1.58. The second-order valence-corrected chi connectivity index (χ2v) is 3.39. The number of nitrogens with one attached hydrogen (secondary N) is 1. The number of hydrogen-bond acceptors (Lipinski definition) is 3. The predicted molar refractivity (Wildman–Crippen MR) is 61.6 cm³/mol. The summed E-state index contributed by atoms with van der Waals surface area (Å²) in [4.78, 5) is 0. The minimum Gasteiger partial charge on any atom is -0.493 e. The van der Waals surface area contributed by atoms with E-state index in [9.17, 15) is 0 Å². The molecule has 0 aliphatic rings. The van der Waals surface area contributed by atoms with Gasteiger partial charge in [0.05, 0.1) is 7.11 Å². The molecule has 1 atom stereocenters. The molecule has 0 amide bonds. The minimum atomic E-state index is 0.140. The van der Waals surface area contributed by atoms with Crippen LogP contribution < -0.4 is 14.8 Å². The van der Waals surface area contributed by atoms with Crippen LogP contribution in [0.1, 0.15) is 13.8 Å². The second-order valence-electron chi connectivity index (χ2n) is 3.39. The maximum Gasteiger partial charge on any atom is 0.161 e. The average Bonchev–Trinajstić information content (AvgIpc) is 2.27. The molecule has 0 aliphatic heterocycles. The van der Waals surface area contributed by atoms with Gasteiger partial charge in [-0.25, -0.2) is 0 Å². The van der Waals surface area contributed by atoms with Gasteiger partial charge in [-0.2, -0.15) is 0 Å². The van der Waals surface area contributed by atoms with Gasteiger partial charge in [0.2, 0.25) is 0 Å². The number of para-hydroxylation sites is 2. The van der Waals surface area contributed by atoms with Crippen LogP contribution in [0.4, 0.5) is 0 Å². The van der Waals surface area contributed by atoms with E-state index in [2.05, 4.69) is 12.2 Å². The molecule has 0 fully saturated rings. The Morgan fingerprint density at radius 3 is 2.53 bits per heavy atom. The zero-order chi connectivity index (χ0) is 11.1. The Morgan fingerprint density at radius 2 is 1.93 bits per heavy atom. The van der Waals surface area contributed by atoms with E-state index in [1.807, 2.05) is 31.2 Å². The molecular formula is C12H19NO2. The van der Waals surface area contributed by atoms with E-state index < -0.39 is 0 Å². The highest BCUT2D eigenvalue weighted by molar-refractivity contribution is 5.39. The lowest BCUT2D eigenvalue weighted by molar-refractivity contribution is 0.208. The van der Waals surface area contributed by atoms with E-state index in [4.69, 9.17) is 9.47 Å². The van der Waals surface area contributed by atoms with E-state index in [-0.39, 0.29) is 6.10 Å². The third kappa shape index (κ3) is 3.80. The molecule has 0 saturated heterocycles. The van der Waals surface area contributed by atoms with Crippen LogP contribution in [0.3, 0.4) is 0 Å². The van der Waals surface area contributed by atoms with Crippen LogP contribution in [-0.4, -0.2) is 26.3 Å². The van der Waals surface area contributed by atoms with Crippen LogP contribution in [0.25, 0.3) is 0 Å². The molecule has 0 aliphatic carbocycles. The van der Waals surface area contributed by atoms with Crippen molar-refractivity contribution in [3.63, 3.8) is 0 Å². The van der Waals surface area contributed by atoms with Gasteiger partial charge >= 0.3 is 0 Å². The lowest BCUT2D eigenvalue weighted by atomic mass is 10.3. The van der Waals surface area contributed by atoms with Crippen molar-refractivity contribution in [2.45, 2.75) is 20.0 Å². The first-order valence-electron chi connectivity index (χ1n) is 5.28. The fourth-order valence-corrected chi connectivity index (χ4v) is 1.32. The average molecular weight is 209 g/mol. The summed E-state index contributed by atoms with van der Waals surface area (Å²) in [5, 5.41) is 3.24. The second kappa shape index (κ2) is 6.30. The maximum absolute atomic E-state index is 5.75. The fraction of sp³-hybridized carbons (Fsp3) is 0.500. The van der Waals surface area contributed by atoms with Crippen LogP contribution in [-0.2, 0) is 0 Å². The van der Waals surface area contributed by atoms with Crippen LogP contribution >= 0.6 is 0 Å². The van der Waals surface area contributed by atoms with E-state index >= 15 is 0 Å². The third-order valence-corrected chi connectivity index (χ3v) is 2.08. The molecule has 3 heteroatoms. The zero-order valence-electron chi connectivity index (χ0n) is 9.62. The lowest BCUT2D eigenvalue weighted by Gasteiger charge is -2.16. The van der Waals surface area contributed by atoms with Crippen molar-refractivity contribution in [3.8, 4) is 11.5 Å². The molecule has 1 aromatic rings. The molecule has 0 heterocycles. The van der Waals surface area contributed by atoms with Gasteiger partial charge in [0.15, 0.2) is 11.5 Å². The van der Waals surface area contributed by atoms with Crippen molar-refractivity contribution < 1.29 is 9.47 Å². The Bertz CT molecular complexity index is 289. The maximum atomic E-state index is 5.75. The molecule has 3 nitrogen and oxygen atoms in total. The highest BCUT2D eigenvalue weighted by Crippen LogP contribution is 2.26. The number of likely N-dealkylation sites (N-methyl/N-ethyl adjacent to an activating group) is 1. The van der Waals surface area contributed by atoms with Gasteiger partial charge in [-0.15, -0.1) is 0 Å². The Balaban J connectivity index is 2.55. The molecule has 0 aromatic heterocycles. The van der Waals surface area contributed by atoms with Crippen molar-refractivity contribution in [2.75, 3.05) is 20.2 Å². The molecule has 1 aromatic carbocycles. The number of benzene rings is 1. The first-order valence-corrected chi connectivity index (χ1v) is 5.28. The summed E-state index contributed by atoms with van der Waals surface area (Å²) < 4.78 is 11.0. The Morgan fingerprint density at radius 1 is 1.27 bits per heavy atom. The van der Waals surface area contributed by atoms with Gasteiger partial charge in [-0.1, -0.05) is 19.1 Å². The van der Waals surface area contributed by atoms with Gasteiger partial charge in [0, 0.05) is 6.54 Å². The molecule has 1 rings (SSSR count). The highest BCUT2D eigenvalue weighted by atomic mass is 16.5. The van der Waals surface area contributed by atoms with Crippen molar-refractivity contribution in [3.05, 3.63) is 24.3 Å². The molecular weight excluding hydrogens is 190 g/mol. The Hall–Kier alpha value is -1.22. The molecule has 15 heavy (non-hydrogen) atoms. The van der Waals surface area contributed by atoms with Crippen LogP contribution in [0.15, 0.2) is 24.3 Å². The molecule has 0 saturated carbocycles. The van der Waals surface area contributed by atoms with Gasteiger partial charge in [-0.05, 0) is 25.6 Å². The summed E-state index contributed by atoms with van der Waals surface area (Å²) in [6, 6.07) is 7.69. The summed E-state index contributed by atoms with van der Waals surface area (Å²) in [5.41, 5.74) is 0. The predicted octanol–water partition coefficient (Wildman–Crippen LogP) is 2.07. The van der Waals surface area contributed by atoms with Gasteiger partial charge in [0.1, 0.15) is 6.10 Å². The largest absolute Gasteiger partial charge is 0.493 e. The molecule has 1 N–H and O–H groups in total. The smallest absolute Gasteiger partial charge is 0.161 e. The zero-order valence-corrected chi connectivity index (χ0v) is 9.62. The summed E-state index contributed by atoms with van der Waals surface area (Å²) in [7, 11) is 1.65. The highest BCUT2D eigenvalue weighted by Gasteiger charge is 2.07. The van der Waals surface area contributed by atoms with Crippen molar-refractivity contribution in [1.82, 2.24) is 5.32 Å². The fourth-order valence-electron chi connectivity index (χ4n) is 1.32. The van der Waals surface area contributed by atoms with Gasteiger partial charge in [0.25, 0.3) is 0 Å². The topological polar surface area (TPSA) is 30.5 Å². The number of ether oxygens (including phenoxy) is 2. The molecule has 0 radical (unpaired) electrons. The SMILES string of the molecule is CCNCC(C)Oc1ccccc1OC. The number of methoxy groups -OCH3 is 1. The first kappa shape index (κ1) is 11.9. The Labute approximate surface area is 91.4 Å². The molecule has 0 spiro atoms. The molecule has 84 valence electrons. The van der Waals surface area contributed by atoms with Crippen molar-refractivity contribution >= 4 is 0 Å². The summed E-state index contributed by atoms with van der Waals surface area (Å²) >= 11 is 0. The van der Waals surface area contributed by atoms with Gasteiger partial charge < -0.3 is 14.8 Å². The van der Waals surface area contributed by atoms with Crippen LogP contribution in [0.5, 0.6) is 11.5 Å². The van der Waals surface area contributed by atoms with Crippen molar-refractivity contribution in [1.29, 1.82) is 0 Å². The van der Waals surface area contributed by atoms with E-state index in [1.165, 1.54) is 0 Å². The van der Waals surface area contributed by atoms with Crippen LogP contribution in [0.2, 0.25) is 0 Å². The minimum absolute atomic E-state index is 0.140. The molecule has 1 unspecified atom stereocenters. The summed E-state index contributed by atoms with van der Waals surface area (Å²) in [6.45, 7) is 5.92. The third-order valence-electron chi connectivity index (χ3n) is 2.08. The Kier molecular flexibility index (Phi) is 4.98. The number of hydrogen-bond donors (Lipinski definition) is 1. The monoisotopic (exact) mass is 209 g/mol. The number of rotatable bonds is 6. The van der Waals surface area contributed by atoms with E-state index in [0.29, 0.717) is 0 Å². The van der Waals surface area contributed by atoms with E-state index in [1.54, 1.807) is 7.11 Å². The normalized spacial score (nSPS) is 12.2. The van der Waals surface area contributed by atoms with Crippen LogP contribution in [0, 0.1) is 0 Å². The van der Waals surface area contributed by atoms with Gasteiger partial charge in [-0.3, -0.25) is 0 Å². The standard InChI is InChI=1S/C12H19NO2/c1-4-13-9-10(2)15-12-8-6-5-7-11(12)14-3/h5-8,10,13H,4,9H2,1-3H3. The summed E-state index contributed by atoms with van der Waals surface area (Å²) in [6.07, 6.45) is 0.140. The molecule has 0 bridgehead atoms. The van der Waals surface area contributed by atoms with E-state index in [0.717, 1.165) is 24.6 Å². The lowest BCUT2D eigenvalue weighted by Crippen LogP contribution is -2.28.